The van der Waals surface area contributed by atoms with Crippen LogP contribution in [0.25, 0.3) is 16.6 Å². The summed E-state index contributed by atoms with van der Waals surface area (Å²) in [5, 5.41) is 14.3. The normalized spacial score (nSPS) is 11.2. The number of hydrogen-bond donors (Lipinski definition) is 0. The number of aromatic nitrogens is 5. The molecule has 0 saturated heterocycles. The van der Waals surface area contributed by atoms with Crippen LogP contribution < -0.4 is 9.64 Å². The van der Waals surface area contributed by atoms with Crippen LogP contribution in [0.2, 0.25) is 0 Å². The van der Waals surface area contributed by atoms with Gasteiger partial charge in [0.1, 0.15) is 17.0 Å². The van der Waals surface area contributed by atoms with E-state index in [1.54, 1.807) is 16.8 Å². The van der Waals surface area contributed by atoms with Crippen LogP contribution in [-0.2, 0) is 6.54 Å². The topological polar surface area (TPSA) is 69.0 Å². The molecule has 3 heterocycles. The summed E-state index contributed by atoms with van der Waals surface area (Å²) >= 11 is 0. The van der Waals surface area contributed by atoms with Crippen molar-refractivity contribution in [1.82, 2.24) is 25.0 Å². The molecule has 0 radical (unpaired) electrons. The summed E-state index contributed by atoms with van der Waals surface area (Å²) in [4.78, 5) is 6.52. The first kappa shape index (κ1) is 20.7. The maximum Gasteiger partial charge on any atom is 0.179 e. The van der Waals surface area contributed by atoms with E-state index in [-0.39, 0.29) is 0 Å². The molecule has 31 heavy (non-hydrogen) atoms. The van der Waals surface area contributed by atoms with E-state index in [2.05, 4.69) is 15.2 Å². The second kappa shape index (κ2) is 8.29. The second-order valence-corrected chi connectivity index (χ2v) is 7.50. The molecule has 0 fully saturated rings. The third kappa shape index (κ3) is 3.93. The third-order valence-electron chi connectivity index (χ3n) is 5.15. The number of rotatable bonds is 6. The summed E-state index contributed by atoms with van der Waals surface area (Å²) in [6.45, 7) is 8.65. The van der Waals surface area contributed by atoms with Gasteiger partial charge in [0.05, 0.1) is 35.6 Å². The summed E-state index contributed by atoms with van der Waals surface area (Å²) in [7, 11) is 1.93. The van der Waals surface area contributed by atoms with Crippen LogP contribution in [0.15, 0.2) is 36.4 Å². The predicted octanol–water partition coefficient (Wildman–Crippen LogP) is 4.31. The van der Waals surface area contributed by atoms with Crippen LogP contribution in [0.1, 0.15) is 29.7 Å². The number of fused-ring (bicyclic) bond motifs is 1. The molecular weight excluding hydrogens is 395 g/mol. The Bertz CT molecular complexity index is 1250. The number of benzene rings is 1. The fraction of sp³-hybridized carbons (Fsp3) is 0.304. The van der Waals surface area contributed by atoms with Gasteiger partial charge in [0.25, 0.3) is 0 Å². The zero-order valence-electron chi connectivity index (χ0n) is 18.3. The van der Waals surface area contributed by atoms with Gasteiger partial charge in [-0.05, 0) is 52.0 Å². The lowest BCUT2D eigenvalue weighted by Gasteiger charge is -2.17. The maximum atomic E-state index is 14.9. The fourth-order valence-electron chi connectivity index (χ4n) is 3.72. The van der Waals surface area contributed by atoms with Crippen molar-refractivity contribution in [2.45, 2.75) is 34.2 Å². The minimum atomic E-state index is -0.403. The van der Waals surface area contributed by atoms with Crippen LogP contribution >= 0.6 is 0 Å². The Hall–Kier alpha value is -3.55. The number of hydrogen-bond acceptors (Lipinski definition) is 6. The Balaban J connectivity index is 1.79. The number of pyridine rings is 1. The molecule has 0 unspecified atom stereocenters. The standard InChI is InChI=1S/C23H25FN6O/c1-6-31-18-10-11-20(19(24)12-18)30-16(4)21-15(3)26-27-23(22(21)28-30)29(5)13-17-9-7-8-14(2)25-17/h7-12H,6,13H2,1-5H3. The Labute approximate surface area is 180 Å². The molecule has 4 rings (SSSR count). The SMILES string of the molecule is CCOc1ccc(-n2nc3c(N(C)Cc4cccc(C)n4)nnc(C)c3c2C)c(F)c1. The van der Waals surface area contributed by atoms with Crippen molar-refractivity contribution in [3.63, 3.8) is 0 Å². The minimum Gasteiger partial charge on any atom is -0.494 e. The Morgan fingerprint density at radius 2 is 1.90 bits per heavy atom. The van der Waals surface area contributed by atoms with E-state index in [9.17, 15) is 4.39 Å². The monoisotopic (exact) mass is 420 g/mol. The predicted molar refractivity (Wildman–Crippen MR) is 118 cm³/mol. The molecule has 0 aliphatic carbocycles. The van der Waals surface area contributed by atoms with Crippen molar-refractivity contribution in [2.75, 3.05) is 18.6 Å². The average Bonchev–Trinajstić information content (AvgIpc) is 3.06. The Morgan fingerprint density at radius 3 is 2.61 bits per heavy atom. The van der Waals surface area contributed by atoms with Crippen LogP contribution in [0, 0.1) is 26.6 Å². The highest BCUT2D eigenvalue weighted by Gasteiger charge is 2.21. The smallest absolute Gasteiger partial charge is 0.179 e. The molecule has 0 saturated carbocycles. The van der Waals surface area contributed by atoms with Crippen molar-refractivity contribution >= 4 is 16.7 Å². The lowest BCUT2D eigenvalue weighted by atomic mass is 10.2. The second-order valence-electron chi connectivity index (χ2n) is 7.50. The van der Waals surface area contributed by atoms with Gasteiger partial charge < -0.3 is 9.64 Å². The molecule has 0 spiro atoms. The van der Waals surface area contributed by atoms with Crippen molar-refractivity contribution in [3.05, 3.63) is 65.0 Å². The molecule has 0 aliphatic heterocycles. The molecule has 0 atom stereocenters. The minimum absolute atomic E-state index is 0.352. The number of nitrogens with zero attached hydrogens (tertiary/aromatic N) is 6. The molecule has 0 bridgehead atoms. The van der Waals surface area contributed by atoms with Gasteiger partial charge in [0.15, 0.2) is 11.6 Å². The van der Waals surface area contributed by atoms with Crippen molar-refractivity contribution < 1.29 is 9.13 Å². The molecule has 3 aromatic heterocycles. The van der Waals surface area contributed by atoms with E-state index >= 15 is 0 Å². The first-order valence-electron chi connectivity index (χ1n) is 10.2. The van der Waals surface area contributed by atoms with Crippen LogP contribution in [0.5, 0.6) is 5.75 Å². The first-order chi connectivity index (χ1) is 14.9. The highest BCUT2D eigenvalue weighted by atomic mass is 19.1. The zero-order valence-corrected chi connectivity index (χ0v) is 18.3. The maximum absolute atomic E-state index is 14.9. The number of halogens is 1. The van der Waals surface area contributed by atoms with E-state index in [1.165, 1.54) is 6.07 Å². The van der Waals surface area contributed by atoms with Crippen molar-refractivity contribution in [1.29, 1.82) is 0 Å². The summed E-state index contributed by atoms with van der Waals surface area (Å²) in [5.74, 6) is 0.708. The Morgan fingerprint density at radius 1 is 1.10 bits per heavy atom. The van der Waals surface area contributed by atoms with E-state index in [0.717, 1.165) is 28.2 Å². The summed E-state index contributed by atoms with van der Waals surface area (Å²) in [6, 6.07) is 10.7. The van der Waals surface area contributed by atoms with E-state index in [0.29, 0.717) is 35.9 Å². The van der Waals surface area contributed by atoms with Gasteiger partial charge in [-0.25, -0.2) is 9.07 Å². The van der Waals surface area contributed by atoms with Gasteiger partial charge in [-0.1, -0.05) is 6.07 Å². The van der Waals surface area contributed by atoms with Crippen molar-refractivity contribution in [3.8, 4) is 11.4 Å². The molecule has 4 aromatic rings. The van der Waals surface area contributed by atoms with Crippen LogP contribution in [-0.4, -0.2) is 38.6 Å². The van der Waals surface area contributed by atoms with Gasteiger partial charge in [-0.3, -0.25) is 4.98 Å². The van der Waals surface area contributed by atoms with Gasteiger partial charge in [-0.2, -0.15) is 10.2 Å². The van der Waals surface area contributed by atoms with Crippen LogP contribution in [0.3, 0.4) is 0 Å². The molecule has 8 heteroatoms. The molecule has 160 valence electrons. The average molecular weight is 420 g/mol. The molecular formula is C23H25FN6O. The molecule has 1 aromatic carbocycles. The number of anilines is 1. The summed E-state index contributed by atoms with van der Waals surface area (Å²) < 4.78 is 21.9. The third-order valence-corrected chi connectivity index (χ3v) is 5.15. The summed E-state index contributed by atoms with van der Waals surface area (Å²) in [6.07, 6.45) is 0. The highest BCUT2D eigenvalue weighted by molar-refractivity contribution is 5.92. The molecule has 0 N–H and O–H groups in total. The first-order valence-corrected chi connectivity index (χ1v) is 10.2. The van der Waals surface area contributed by atoms with Gasteiger partial charge in [-0.15, -0.1) is 5.10 Å². The largest absolute Gasteiger partial charge is 0.494 e. The summed E-state index contributed by atoms with van der Waals surface area (Å²) in [5.41, 5.74) is 4.45. The van der Waals surface area contributed by atoms with Gasteiger partial charge in [0.2, 0.25) is 0 Å². The Kier molecular flexibility index (Phi) is 5.54. The number of ether oxygens (including phenoxy) is 1. The molecule has 0 amide bonds. The van der Waals surface area contributed by atoms with E-state index in [1.807, 2.05) is 57.8 Å². The molecule has 0 aliphatic rings. The number of aryl methyl sites for hydroxylation is 3. The quantitative estimate of drug-likeness (QED) is 0.463. The van der Waals surface area contributed by atoms with Crippen LogP contribution in [0.4, 0.5) is 10.2 Å². The van der Waals surface area contributed by atoms with Crippen molar-refractivity contribution in [2.24, 2.45) is 0 Å². The fourth-order valence-corrected chi connectivity index (χ4v) is 3.72. The lowest BCUT2D eigenvalue weighted by Crippen LogP contribution is -2.19. The zero-order chi connectivity index (χ0) is 22.1. The highest BCUT2D eigenvalue weighted by Crippen LogP contribution is 2.30. The van der Waals surface area contributed by atoms with Gasteiger partial charge in [0, 0.05) is 18.8 Å². The van der Waals surface area contributed by atoms with Gasteiger partial charge >= 0.3 is 0 Å². The molecule has 7 nitrogen and oxygen atoms in total. The van der Waals surface area contributed by atoms with E-state index in [4.69, 9.17) is 9.84 Å². The lowest BCUT2D eigenvalue weighted by molar-refractivity contribution is 0.338. The van der Waals surface area contributed by atoms with E-state index < -0.39 is 5.82 Å².